The molecule has 2 aromatic rings. The van der Waals surface area contributed by atoms with Crippen molar-refractivity contribution in [2.45, 2.75) is 11.4 Å². The fraction of sp³-hybridized carbons (Fsp3) is 0.286. The van der Waals surface area contributed by atoms with E-state index in [0.717, 1.165) is 16.1 Å². The minimum absolute atomic E-state index is 0.0508. The highest BCUT2D eigenvalue weighted by Gasteiger charge is 2.33. The van der Waals surface area contributed by atoms with Crippen LogP contribution in [0.15, 0.2) is 51.8 Å². The smallest absolute Gasteiger partial charge is 0.338 e. The maximum atomic E-state index is 12.5. The lowest BCUT2D eigenvalue weighted by molar-refractivity contribution is -0.133. The van der Waals surface area contributed by atoms with Gasteiger partial charge in [0.2, 0.25) is 0 Å². The van der Waals surface area contributed by atoms with Gasteiger partial charge in [0, 0.05) is 30.6 Å². The Balaban J connectivity index is 1.38. The lowest BCUT2D eigenvalue weighted by Gasteiger charge is -2.22. The monoisotopic (exact) mass is 475 g/mol. The van der Waals surface area contributed by atoms with E-state index in [2.05, 4.69) is 4.40 Å². The standard InChI is InChI=1S/C21H21N3O6S2/c1-23(12-15-5-3-4-6-17(15)29-2)19(25)13-30-20(26)14-7-8-16-18(11-14)31-21-22-32(27,28)10-9-24(16)21/h3-8,11H,9-10,12-13H2,1-2H3. The number of carbonyl (C=O) groups excluding carboxylic acids is 2. The molecule has 2 aromatic carbocycles. The number of methoxy groups -OCH3 is 1. The van der Waals surface area contributed by atoms with Crippen LogP contribution in [0.3, 0.4) is 0 Å². The number of thioether (sulfide) groups is 1. The van der Waals surface area contributed by atoms with Gasteiger partial charge in [-0.15, -0.1) is 4.40 Å². The van der Waals surface area contributed by atoms with Gasteiger partial charge in [0.1, 0.15) is 5.75 Å². The van der Waals surface area contributed by atoms with Crippen LogP contribution < -0.4 is 9.64 Å². The van der Waals surface area contributed by atoms with E-state index in [4.69, 9.17) is 9.47 Å². The summed E-state index contributed by atoms with van der Waals surface area (Å²) in [7, 11) is -0.262. The molecule has 0 aliphatic carbocycles. The molecule has 32 heavy (non-hydrogen) atoms. The van der Waals surface area contributed by atoms with E-state index < -0.39 is 22.6 Å². The predicted molar refractivity (Wildman–Crippen MR) is 121 cm³/mol. The molecule has 1 amide bonds. The third-order valence-electron chi connectivity index (χ3n) is 5.06. The van der Waals surface area contributed by atoms with Crippen LogP contribution in [0.5, 0.6) is 5.75 Å². The molecule has 0 bridgehead atoms. The molecule has 11 heteroatoms. The molecule has 2 heterocycles. The van der Waals surface area contributed by atoms with Crippen LogP contribution in [0.4, 0.5) is 5.69 Å². The van der Waals surface area contributed by atoms with Crippen LogP contribution in [0.25, 0.3) is 0 Å². The van der Waals surface area contributed by atoms with Crippen LogP contribution in [0.1, 0.15) is 15.9 Å². The Kier molecular flexibility index (Phi) is 6.11. The molecule has 0 saturated heterocycles. The van der Waals surface area contributed by atoms with Gasteiger partial charge in [0.25, 0.3) is 15.9 Å². The van der Waals surface area contributed by atoms with E-state index >= 15 is 0 Å². The summed E-state index contributed by atoms with van der Waals surface area (Å²) in [6.45, 7) is 0.237. The number of carbonyl (C=O) groups is 2. The van der Waals surface area contributed by atoms with Crippen molar-refractivity contribution in [1.29, 1.82) is 0 Å². The van der Waals surface area contributed by atoms with Crippen molar-refractivity contribution in [3.05, 3.63) is 53.6 Å². The SMILES string of the molecule is COc1ccccc1CN(C)C(=O)COC(=O)c1ccc2c(c1)SC1=NS(=O)(=O)CCN12. The molecule has 0 spiro atoms. The first-order valence-electron chi connectivity index (χ1n) is 9.72. The number of rotatable bonds is 6. The molecule has 4 rings (SSSR count). The minimum atomic E-state index is -3.45. The normalized spacial score (nSPS) is 15.9. The third-order valence-corrected chi connectivity index (χ3v) is 7.37. The minimum Gasteiger partial charge on any atom is -0.496 e. The van der Waals surface area contributed by atoms with E-state index in [1.165, 1.54) is 16.7 Å². The lowest BCUT2D eigenvalue weighted by atomic mass is 10.2. The summed E-state index contributed by atoms with van der Waals surface area (Å²) >= 11 is 1.19. The van der Waals surface area contributed by atoms with Crippen molar-refractivity contribution in [2.24, 2.45) is 4.40 Å². The number of anilines is 1. The summed E-state index contributed by atoms with van der Waals surface area (Å²) in [6.07, 6.45) is 0. The zero-order valence-corrected chi connectivity index (χ0v) is 19.1. The number of hydrogen-bond acceptors (Lipinski definition) is 8. The summed E-state index contributed by atoms with van der Waals surface area (Å²) in [5, 5.41) is 0.380. The second kappa shape index (κ2) is 8.83. The molecule has 168 valence electrons. The number of ether oxygens (including phenoxy) is 2. The van der Waals surface area contributed by atoms with Gasteiger partial charge in [-0.2, -0.15) is 0 Å². The maximum Gasteiger partial charge on any atom is 0.338 e. The quantitative estimate of drug-likeness (QED) is 0.585. The number of esters is 1. The summed E-state index contributed by atoms with van der Waals surface area (Å²) in [5.41, 5.74) is 1.92. The largest absolute Gasteiger partial charge is 0.496 e. The van der Waals surface area contributed by atoms with E-state index in [1.807, 2.05) is 29.2 Å². The maximum absolute atomic E-state index is 12.5. The molecule has 2 aliphatic rings. The highest BCUT2D eigenvalue weighted by atomic mass is 32.2. The van der Waals surface area contributed by atoms with Crippen molar-refractivity contribution in [2.75, 3.05) is 38.0 Å². The Morgan fingerprint density at radius 2 is 2.00 bits per heavy atom. The summed E-state index contributed by atoms with van der Waals surface area (Å²) in [6, 6.07) is 12.3. The number of amides is 1. The molecule has 0 aromatic heterocycles. The van der Waals surface area contributed by atoms with Crippen molar-refractivity contribution < 1.29 is 27.5 Å². The Morgan fingerprint density at radius 1 is 1.22 bits per heavy atom. The second-order valence-corrected chi connectivity index (χ2v) is 10.00. The fourth-order valence-corrected chi connectivity index (χ4v) is 5.65. The average molecular weight is 476 g/mol. The molecular weight excluding hydrogens is 454 g/mol. The van der Waals surface area contributed by atoms with E-state index in [9.17, 15) is 18.0 Å². The van der Waals surface area contributed by atoms with Crippen LogP contribution in [0, 0.1) is 0 Å². The predicted octanol–water partition coefficient (Wildman–Crippen LogP) is 2.12. The Labute approximate surface area is 190 Å². The topological polar surface area (TPSA) is 106 Å². The molecule has 0 unspecified atom stereocenters. The molecular formula is C21H21N3O6S2. The Morgan fingerprint density at radius 3 is 2.78 bits per heavy atom. The summed E-state index contributed by atoms with van der Waals surface area (Å²) in [5.74, 6) is -0.359. The fourth-order valence-electron chi connectivity index (χ4n) is 3.36. The van der Waals surface area contributed by atoms with Crippen molar-refractivity contribution in [3.63, 3.8) is 0 Å². The average Bonchev–Trinajstić information content (AvgIpc) is 3.12. The highest BCUT2D eigenvalue weighted by Crippen LogP contribution is 2.42. The van der Waals surface area contributed by atoms with Gasteiger partial charge in [-0.25, -0.2) is 13.2 Å². The van der Waals surface area contributed by atoms with Crippen LogP contribution in [-0.2, 0) is 26.1 Å². The van der Waals surface area contributed by atoms with Gasteiger partial charge in [-0.3, -0.25) is 4.79 Å². The van der Waals surface area contributed by atoms with Crippen molar-refractivity contribution in [3.8, 4) is 5.75 Å². The Hall–Kier alpha value is -3.05. The van der Waals surface area contributed by atoms with Crippen LogP contribution >= 0.6 is 11.8 Å². The first-order valence-corrected chi connectivity index (χ1v) is 12.1. The molecule has 2 aliphatic heterocycles. The zero-order chi connectivity index (χ0) is 22.9. The first-order chi connectivity index (χ1) is 15.3. The number of sulfonamides is 1. The van der Waals surface area contributed by atoms with Crippen LogP contribution in [0.2, 0.25) is 0 Å². The second-order valence-electron chi connectivity index (χ2n) is 7.23. The van der Waals surface area contributed by atoms with E-state index in [-0.39, 0.29) is 17.2 Å². The van der Waals surface area contributed by atoms with Gasteiger partial charge in [-0.05, 0) is 36.0 Å². The zero-order valence-electron chi connectivity index (χ0n) is 17.5. The number of nitrogens with zero attached hydrogens (tertiary/aromatic N) is 3. The van der Waals surface area contributed by atoms with E-state index in [0.29, 0.717) is 24.0 Å². The van der Waals surface area contributed by atoms with Gasteiger partial charge < -0.3 is 19.3 Å². The molecule has 0 atom stereocenters. The van der Waals surface area contributed by atoms with Gasteiger partial charge in [0.15, 0.2) is 11.8 Å². The van der Waals surface area contributed by atoms with Crippen molar-refractivity contribution in [1.82, 2.24) is 4.90 Å². The van der Waals surface area contributed by atoms with Gasteiger partial charge in [-0.1, -0.05) is 18.2 Å². The van der Waals surface area contributed by atoms with E-state index in [1.54, 1.807) is 32.4 Å². The number of para-hydroxylation sites is 1. The number of amidine groups is 1. The Bertz CT molecular complexity index is 1210. The number of likely N-dealkylation sites (N-methyl/N-ethyl adjacent to an activating group) is 1. The van der Waals surface area contributed by atoms with Crippen LogP contribution in [-0.4, -0.2) is 63.4 Å². The molecule has 0 N–H and O–H groups in total. The molecule has 0 saturated carbocycles. The molecule has 0 radical (unpaired) electrons. The highest BCUT2D eigenvalue weighted by molar-refractivity contribution is 8.15. The molecule has 0 fully saturated rings. The lowest BCUT2D eigenvalue weighted by Crippen LogP contribution is -2.35. The van der Waals surface area contributed by atoms with Crippen molar-refractivity contribution >= 4 is 44.5 Å². The van der Waals surface area contributed by atoms with Gasteiger partial charge in [0.05, 0.1) is 24.1 Å². The third kappa shape index (κ3) is 4.58. The number of fused-ring (bicyclic) bond motifs is 3. The summed E-state index contributed by atoms with van der Waals surface area (Å²) < 4.78 is 37.8. The first kappa shape index (κ1) is 22.2. The number of hydrogen-bond donors (Lipinski definition) is 0. The summed E-state index contributed by atoms with van der Waals surface area (Å²) in [4.78, 5) is 28.9. The van der Waals surface area contributed by atoms with Gasteiger partial charge >= 0.3 is 5.97 Å². The molecule has 9 nitrogen and oxygen atoms in total. The number of benzene rings is 2.